The van der Waals surface area contributed by atoms with Crippen molar-refractivity contribution in [2.24, 2.45) is 5.16 Å². The number of nitrogens with zero attached hydrogens (tertiary/aromatic N) is 1. The third kappa shape index (κ3) is 5.46. The lowest BCUT2D eigenvalue weighted by Gasteiger charge is -2.22. The molecule has 0 saturated carbocycles. The highest BCUT2D eigenvalue weighted by Crippen LogP contribution is 2.38. The Morgan fingerprint density at radius 1 is 1.19 bits per heavy atom. The molecule has 3 rings (SSSR count). The fourth-order valence-electron chi connectivity index (χ4n) is 3.46. The molecule has 1 heterocycles. The predicted octanol–water partition coefficient (Wildman–Crippen LogP) is 5.05. The van der Waals surface area contributed by atoms with Crippen molar-refractivity contribution in [3.05, 3.63) is 68.7 Å². The number of benzene rings is 2. The first-order valence-electron chi connectivity index (χ1n) is 9.78. The van der Waals surface area contributed by atoms with Gasteiger partial charge >= 0.3 is 0 Å². The number of carbonyl (C=O) groups excluding carboxylic acids is 2. The molecule has 2 aromatic rings. The number of hydrogen-bond acceptors (Lipinski definition) is 4. The van der Waals surface area contributed by atoms with E-state index < -0.39 is 5.60 Å². The van der Waals surface area contributed by atoms with E-state index in [0.29, 0.717) is 22.0 Å². The molecule has 2 aromatic carbocycles. The number of amides is 1. The van der Waals surface area contributed by atoms with Crippen molar-refractivity contribution in [3.63, 3.8) is 0 Å². The van der Waals surface area contributed by atoms with Crippen molar-refractivity contribution in [2.45, 2.75) is 38.7 Å². The van der Waals surface area contributed by atoms with Crippen molar-refractivity contribution < 1.29 is 14.4 Å². The molecule has 0 saturated heterocycles. The highest BCUT2D eigenvalue weighted by Gasteiger charge is 2.37. The van der Waals surface area contributed by atoms with E-state index >= 15 is 0 Å². The molecule has 7 heteroatoms. The summed E-state index contributed by atoms with van der Waals surface area (Å²) in [5.74, 6) is 2.00. The highest BCUT2D eigenvalue weighted by atomic mass is 35.5. The summed E-state index contributed by atoms with van der Waals surface area (Å²) in [5, 5.41) is 7.90. The molecule has 0 spiro atoms. The van der Waals surface area contributed by atoms with E-state index in [1.807, 2.05) is 38.1 Å². The number of oxime groups is 1. The largest absolute Gasteiger partial charge is 0.384 e. The molecular formula is C24H22Cl2N2O3. The van der Waals surface area contributed by atoms with Gasteiger partial charge in [-0.05, 0) is 49.2 Å². The zero-order valence-electron chi connectivity index (χ0n) is 17.3. The van der Waals surface area contributed by atoms with Crippen LogP contribution in [0.1, 0.15) is 53.2 Å². The second-order valence-corrected chi connectivity index (χ2v) is 8.50. The van der Waals surface area contributed by atoms with Gasteiger partial charge in [-0.3, -0.25) is 9.59 Å². The fraction of sp³-hybridized carbons (Fsp3) is 0.292. The van der Waals surface area contributed by atoms with Crippen molar-refractivity contribution in [1.29, 1.82) is 0 Å². The van der Waals surface area contributed by atoms with Crippen LogP contribution in [-0.2, 0) is 15.2 Å². The van der Waals surface area contributed by atoms with E-state index in [1.165, 1.54) is 0 Å². The Bertz CT molecular complexity index is 1080. The van der Waals surface area contributed by atoms with Crippen molar-refractivity contribution >= 4 is 40.6 Å². The third-order valence-corrected chi connectivity index (χ3v) is 5.60. The summed E-state index contributed by atoms with van der Waals surface area (Å²) in [7, 11) is 0. The average molecular weight is 457 g/mol. The van der Waals surface area contributed by atoms with Crippen LogP contribution in [0.25, 0.3) is 0 Å². The van der Waals surface area contributed by atoms with Crippen molar-refractivity contribution in [2.75, 3.05) is 6.54 Å². The van der Waals surface area contributed by atoms with Crippen molar-refractivity contribution in [1.82, 2.24) is 5.32 Å². The molecule has 0 fully saturated rings. The van der Waals surface area contributed by atoms with Crippen LogP contribution in [0.3, 0.4) is 0 Å². The van der Waals surface area contributed by atoms with Crippen molar-refractivity contribution in [3.8, 4) is 12.3 Å². The highest BCUT2D eigenvalue weighted by molar-refractivity contribution is 6.34. The zero-order valence-corrected chi connectivity index (χ0v) is 18.8. The first-order valence-corrected chi connectivity index (χ1v) is 10.5. The molecule has 0 aliphatic carbocycles. The van der Waals surface area contributed by atoms with E-state index in [4.69, 9.17) is 34.5 Å². The van der Waals surface area contributed by atoms with Gasteiger partial charge in [-0.25, -0.2) is 0 Å². The molecule has 0 bridgehead atoms. The molecule has 0 aromatic heterocycles. The topological polar surface area (TPSA) is 67.8 Å². The van der Waals surface area contributed by atoms with Crippen LogP contribution in [0, 0.1) is 19.3 Å². The standard InChI is InChI=1S/C24H22Cl2N2O3/c1-4-9-27-23(30)8-7-22(29)20-6-5-16(10-15(20)2)21-14-24(3,31-28-21)17-11-18(25)13-19(26)12-17/h1,5-6,10-13H,7-9,14H2,2-3H3,(H,27,30). The van der Waals surface area contributed by atoms with E-state index in [1.54, 1.807) is 12.1 Å². The number of ketones is 1. The van der Waals surface area contributed by atoms with Crippen LogP contribution in [0.4, 0.5) is 0 Å². The molecule has 1 amide bonds. The van der Waals surface area contributed by atoms with Gasteiger partial charge in [0.2, 0.25) is 5.91 Å². The minimum absolute atomic E-state index is 0.0945. The summed E-state index contributed by atoms with van der Waals surface area (Å²) in [5.41, 5.74) is 3.20. The maximum atomic E-state index is 12.5. The molecule has 1 unspecified atom stereocenters. The first-order chi connectivity index (χ1) is 14.7. The number of Topliss-reactive ketones (excluding diaryl/α,β-unsaturated/α-hetero) is 1. The number of hydrogen-bond donors (Lipinski definition) is 1. The van der Waals surface area contributed by atoms with Crippen LogP contribution in [0.5, 0.6) is 0 Å². The van der Waals surface area contributed by atoms with Gasteiger partial charge in [-0.15, -0.1) is 6.42 Å². The molecule has 1 N–H and O–H groups in total. The number of halogens is 2. The summed E-state index contributed by atoms with van der Waals surface area (Å²) < 4.78 is 0. The summed E-state index contributed by atoms with van der Waals surface area (Å²) >= 11 is 12.3. The van der Waals surface area contributed by atoms with Gasteiger partial charge in [0.25, 0.3) is 0 Å². The van der Waals surface area contributed by atoms with Gasteiger partial charge in [-0.1, -0.05) is 46.4 Å². The summed E-state index contributed by atoms with van der Waals surface area (Å²) in [6.07, 6.45) is 5.86. The third-order valence-electron chi connectivity index (χ3n) is 5.16. The molecule has 5 nitrogen and oxygen atoms in total. The quantitative estimate of drug-likeness (QED) is 0.467. The Kier molecular flexibility index (Phi) is 7.04. The first kappa shape index (κ1) is 22.9. The Hall–Kier alpha value is -2.81. The molecule has 31 heavy (non-hydrogen) atoms. The lowest BCUT2D eigenvalue weighted by atomic mass is 9.88. The van der Waals surface area contributed by atoms with Gasteiger partial charge in [0.1, 0.15) is 0 Å². The molecular weight excluding hydrogens is 435 g/mol. The average Bonchev–Trinajstić information content (AvgIpc) is 3.13. The summed E-state index contributed by atoms with van der Waals surface area (Å²) in [6, 6.07) is 10.8. The van der Waals surface area contributed by atoms with E-state index in [2.05, 4.69) is 16.4 Å². The van der Waals surface area contributed by atoms with E-state index in [0.717, 1.165) is 22.4 Å². The van der Waals surface area contributed by atoms with Crippen LogP contribution >= 0.6 is 23.2 Å². The minimum Gasteiger partial charge on any atom is -0.384 e. The number of terminal acetylenes is 1. The van der Waals surface area contributed by atoms with Gasteiger partial charge in [0.05, 0.1) is 12.3 Å². The predicted molar refractivity (Wildman–Crippen MR) is 123 cm³/mol. The Labute approximate surface area is 191 Å². The van der Waals surface area contributed by atoms with Gasteiger partial charge in [0, 0.05) is 40.4 Å². The van der Waals surface area contributed by atoms with Gasteiger partial charge in [0.15, 0.2) is 11.4 Å². The zero-order chi connectivity index (χ0) is 22.6. The second-order valence-electron chi connectivity index (χ2n) is 7.63. The maximum Gasteiger partial charge on any atom is 0.221 e. The Morgan fingerprint density at radius 3 is 2.55 bits per heavy atom. The number of aryl methyl sites for hydroxylation is 1. The fourth-order valence-corrected chi connectivity index (χ4v) is 3.99. The normalized spacial score (nSPS) is 17.5. The molecule has 1 aliphatic rings. The lowest BCUT2D eigenvalue weighted by Crippen LogP contribution is -2.24. The molecule has 1 atom stereocenters. The summed E-state index contributed by atoms with van der Waals surface area (Å²) in [6.45, 7) is 3.95. The Balaban J connectivity index is 1.70. The van der Waals surface area contributed by atoms with Crippen LogP contribution < -0.4 is 5.32 Å². The Morgan fingerprint density at radius 2 is 1.90 bits per heavy atom. The summed E-state index contributed by atoms with van der Waals surface area (Å²) in [4.78, 5) is 30.0. The van der Waals surface area contributed by atoms with Crippen LogP contribution in [0.2, 0.25) is 10.0 Å². The second kappa shape index (κ2) is 9.55. The SMILES string of the molecule is C#CCNC(=O)CCC(=O)c1ccc(C2=NOC(C)(c3cc(Cl)cc(Cl)c3)C2)cc1C. The monoisotopic (exact) mass is 456 g/mol. The van der Waals surface area contributed by atoms with Gasteiger partial charge < -0.3 is 10.2 Å². The smallest absolute Gasteiger partial charge is 0.221 e. The van der Waals surface area contributed by atoms with E-state index in [9.17, 15) is 9.59 Å². The van der Waals surface area contributed by atoms with Gasteiger partial charge in [-0.2, -0.15) is 0 Å². The van der Waals surface area contributed by atoms with Crippen LogP contribution in [0.15, 0.2) is 41.6 Å². The van der Waals surface area contributed by atoms with E-state index in [-0.39, 0.29) is 31.1 Å². The molecule has 1 aliphatic heterocycles. The number of rotatable bonds is 7. The number of carbonyl (C=O) groups is 2. The maximum absolute atomic E-state index is 12.5. The molecule has 160 valence electrons. The van der Waals surface area contributed by atoms with Crippen LogP contribution in [-0.4, -0.2) is 23.9 Å². The lowest BCUT2D eigenvalue weighted by molar-refractivity contribution is -0.120. The molecule has 0 radical (unpaired) electrons. The minimum atomic E-state index is -0.683. The number of nitrogens with one attached hydrogen (secondary N) is 1.